The van der Waals surface area contributed by atoms with E-state index in [1.165, 1.54) is 0 Å². The third-order valence-corrected chi connectivity index (χ3v) is 2.02. The molecule has 0 radical (unpaired) electrons. The fraction of sp³-hybridized carbons (Fsp3) is 0.800. The maximum absolute atomic E-state index is 10.3. The van der Waals surface area contributed by atoms with Gasteiger partial charge < -0.3 is 0 Å². The molecule has 1 atom stereocenters. The summed E-state index contributed by atoms with van der Waals surface area (Å²) < 4.78 is -0.110. The molecular formula is C5H8BrClO. The normalized spacial score (nSPS) is 13.4. The fourth-order valence-electron chi connectivity index (χ4n) is 0.367. The molecule has 0 saturated carbocycles. The van der Waals surface area contributed by atoms with E-state index in [1.54, 1.807) is 0 Å². The second kappa shape index (κ2) is 4.33. The van der Waals surface area contributed by atoms with Crippen molar-refractivity contribution in [3.63, 3.8) is 0 Å². The number of carbonyl (C=O) groups excluding carboxylic acids is 1. The third-order valence-electron chi connectivity index (χ3n) is 0.788. The molecule has 0 N–H and O–H groups in total. The fourth-order valence-corrected chi connectivity index (χ4v) is 0.814. The van der Waals surface area contributed by atoms with Gasteiger partial charge >= 0.3 is 0 Å². The van der Waals surface area contributed by atoms with Crippen molar-refractivity contribution in [2.24, 2.45) is 0 Å². The molecule has 0 aliphatic rings. The molecule has 0 amide bonds. The molecule has 0 fully saturated rings. The van der Waals surface area contributed by atoms with Gasteiger partial charge in [0.15, 0.2) is 0 Å². The Morgan fingerprint density at radius 3 is 2.50 bits per heavy atom. The van der Waals surface area contributed by atoms with E-state index in [0.29, 0.717) is 0 Å². The van der Waals surface area contributed by atoms with Crippen LogP contribution in [0.15, 0.2) is 0 Å². The Hall–Kier alpha value is 0.440. The van der Waals surface area contributed by atoms with E-state index in [0.717, 1.165) is 12.8 Å². The van der Waals surface area contributed by atoms with E-state index in [1.807, 2.05) is 6.92 Å². The molecule has 0 heterocycles. The molecule has 0 rings (SSSR count). The van der Waals surface area contributed by atoms with Crippen LogP contribution >= 0.6 is 27.5 Å². The maximum atomic E-state index is 10.3. The number of alkyl halides is 1. The lowest BCUT2D eigenvalue weighted by Gasteiger charge is -1.97. The molecule has 0 spiro atoms. The minimum atomic E-state index is -0.333. The molecule has 1 nitrogen and oxygen atoms in total. The number of hydrogen-bond donors (Lipinski definition) is 0. The Balaban J connectivity index is 3.32. The van der Waals surface area contributed by atoms with Crippen LogP contribution in [0.25, 0.3) is 0 Å². The van der Waals surface area contributed by atoms with Crippen LogP contribution in [-0.2, 0) is 4.79 Å². The first kappa shape index (κ1) is 8.44. The van der Waals surface area contributed by atoms with E-state index in [-0.39, 0.29) is 10.1 Å². The van der Waals surface area contributed by atoms with Crippen LogP contribution in [-0.4, -0.2) is 10.1 Å². The van der Waals surface area contributed by atoms with Crippen molar-refractivity contribution in [1.82, 2.24) is 0 Å². The van der Waals surface area contributed by atoms with E-state index in [9.17, 15) is 4.79 Å². The van der Waals surface area contributed by atoms with E-state index in [2.05, 4.69) is 15.9 Å². The Labute approximate surface area is 62.5 Å². The van der Waals surface area contributed by atoms with Crippen molar-refractivity contribution in [2.75, 3.05) is 0 Å². The molecule has 48 valence electrons. The van der Waals surface area contributed by atoms with Crippen molar-refractivity contribution in [2.45, 2.75) is 25.1 Å². The van der Waals surface area contributed by atoms with Gasteiger partial charge in [-0.1, -0.05) is 13.3 Å². The lowest BCUT2D eigenvalue weighted by Crippen LogP contribution is -2.05. The van der Waals surface area contributed by atoms with Crippen LogP contribution in [0.1, 0.15) is 19.8 Å². The second-order valence-corrected chi connectivity index (χ2v) is 2.87. The number of rotatable bonds is 3. The summed E-state index contributed by atoms with van der Waals surface area (Å²) in [4.78, 5) is 10.3. The van der Waals surface area contributed by atoms with Crippen LogP contribution in [0.2, 0.25) is 0 Å². The lowest BCUT2D eigenvalue weighted by molar-refractivity contribution is -0.110. The van der Waals surface area contributed by atoms with Crippen molar-refractivity contribution >= 4 is 32.2 Å². The monoisotopic (exact) mass is 198 g/mol. The number of halogens is 2. The highest BCUT2D eigenvalue weighted by atomic mass is 79.9. The van der Waals surface area contributed by atoms with E-state index >= 15 is 0 Å². The average molecular weight is 199 g/mol. The van der Waals surface area contributed by atoms with Crippen molar-refractivity contribution in [1.29, 1.82) is 0 Å². The summed E-state index contributed by atoms with van der Waals surface area (Å²) in [5, 5.41) is -0.333. The van der Waals surface area contributed by atoms with Gasteiger partial charge in [-0.05, 0) is 22.4 Å². The standard InChI is InChI=1S/C5H8BrClO/c1-2-3-4(7)5(6)8/h4H,2-3H2,1H3. The van der Waals surface area contributed by atoms with Crippen LogP contribution in [0.3, 0.4) is 0 Å². The largest absolute Gasteiger partial charge is 0.285 e. The van der Waals surface area contributed by atoms with Gasteiger partial charge in [0.25, 0.3) is 0 Å². The molecular weight excluding hydrogens is 191 g/mol. The Morgan fingerprint density at radius 1 is 1.88 bits per heavy atom. The summed E-state index contributed by atoms with van der Waals surface area (Å²) in [6.45, 7) is 1.99. The predicted octanol–water partition coefficient (Wildman–Crippen LogP) is 2.32. The quantitative estimate of drug-likeness (QED) is 0.504. The summed E-state index contributed by atoms with van der Waals surface area (Å²) in [5.41, 5.74) is 0. The highest BCUT2D eigenvalue weighted by Crippen LogP contribution is 2.08. The Kier molecular flexibility index (Phi) is 4.57. The summed E-state index contributed by atoms with van der Waals surface area (Å²) >= 11 is 8.29. The van der Waals surface area contributed by atoms with Gasteiger partial charge in [-0.15, -0.1) is 11.6 Å². The molecule has 3 heteroatoms. The smallest absolute Gasteiger partial charge is 0.215 e. The van der Waals surface area contributed by atoms with Gasteiger partial charge in [-0.2, -0.15) is 0 Å². The lowest BCUT2D eigenvalue weighted by atomic mass is 10.3. The zero-order chi connectivity index (χ0) is 6.57. The highest BCUT2D eigenvalue weighted by molar-refractivity contribution is 9.18. The SMILES string of the molecule is CCCC(Cl)C(=O)Br. The molecule has 1 unspecified atom stereocenters. The molecule has 0 aromatic rings. The summed E-state index contributed by atoms with van der Waals surface area (Å²) in [6, 6.07) is 0. The van der Waals surface area contributed by atoms with E-state index in [4.69, 9.17) is 11.6 Å². The minimum Gasteiger partial charge on any atom is -0.285 e. The van der Waals surface area contributed by atoms with Gasteiger partial charge in [0.1, 0.15) is 5.38 Å². The van der Waals surface area contributed by atoms with Gasteiger partial charge in [-0.3, -0.25) is 4.79 Å². The van der Waals surface area contributed by atoms with Gasteiger partial charge in [0.05, 0.1) is 0 Å². The first-order valence-corrected chi connectivity index (χ1v) is 3.74. The second-order valence-electron chi connectivity index (χ2n) is 1.56. The Bertz CT molecular complexity index is 84.5. The molecule has 0 aliphatic carbocycles. The third kappa shape index (κ3) is 3.44. The van der Waals surface area contributed by atoms with Gasteiger partial charge in [-0.25, -0.2) is 0 Å². The zero-order valence-electron chi connectivity index (χ0n) is 4.66. The first-order chi connectivity index (χ1) is 3.68. The Morgan fingerprint density at radius 2 is 2.38 bits per heavy atom. The highest BCUT2D eigenvalue weighted by Gasteiger charge is 2.08. The average Bonchev–Trinajstić information content (AvgIpc) is 1.67. The molecule has 0 saturated heterocycles. The predicted molar refractivity (Wildman–Crippen MR) is 38.5 cm³/mol. The summed E-state index contributed by atoms with van der Waals surface area (Å²) in [5.74, 6) is 0. The topological polar surface area (TPSA) is 17.1 Å². The van der Waals surface area contributed by atoms with Crippen LogP contribution in [0.5, 0.6) is 0 Å². The number of hydrogen-bond acceptors (Lipinski definition) is 1. The van der Waals surface area contributed by atoms with Crippen molar-refractivity contribution in [3.8, 4) is 0 Å². The first-order valence-electron chi connectivity index (χ1n) is 2.52. The van der Waals surface area contributed by atoms with Crippen LogP contribution < -0.4 is 0 Å². The number of carbonyl (C=O) groups is 1. The maximum Gasteiger partial charge on any atom is 0.215 e. The van der Waals surface area contributed by atoms with Crippen molar-refractivity contribution < 1.29 is 4.79 Å². The molecule has 0 aliphatic heterocycles. The van der Waals surface area contributed by atoms with E-state index < -0.39 is 0 Å². The zero-order valence-corrected chi connectivity index (χ0v) is 7.00. The van der Waals surface area contributed by atoms with Crippen molar-refractivity contribution in [3.05, 3.63) is 0 Å². The summed E-state index contributed by atoms with van der Waals surface area (Å²) in [6.07, 6.45) is 1.71. The minimum absolute atomic E-state index is 0.110. The molecule has 8 heavy (non-hydrogen) atoms. The molecule has 0 aromatic carbocycles. The van der Waals surface area contributed by atoms with Gasteiger partial charge in [0, 0.05) is 0 Å². The van der Waals surface area contributed by atoms with Gasteiger partial charge in [0.2, 0.25) is 4.69 Å². The molecule has 0 aromatic heterocycles. The molecule has 0 bridgehead atoms. The van der Waals surface area contributed by atoms with Crippen LogP contribution in [0.4, 0.5) is 0 Å². The summed E-state index contributed by atoms with van der Waals surface area (Å²) in [7, 11) is 0. The van der Waals surface area contributed by atoms with Crippen LogP contribution in [0, 0.1) is 0 Å².